The normalized spacial score (nSPS) is 10.8. The Morgan fingerprint density at radius 1 is 0.944 bits per heavy atom. The van der Waals surface area contributed by atoms with Crippen molar-refractivity contribution in [3.63, 3.8) is 0 Å². The van der Waals surface area contributed by atoms with Crippen LogP contribution in [0.2, 0.25) is 0 Å². The molecule has 1 aromatic heterocycles. The highest BCUT2D eigenvalue weighted by Crippen LogP contribution is 2.28. The van der Waals surface area contributed by atoms with Crippen LogP contribution in [0.25, 0.3) is 22.0 Å². The summed E-state index contributed by atoms with van der Waals surface area (Å²) in [5.41, 5.74) is 2.09. The van der Waals surface area contributed by atoms with E-state index >= 15 is 0 Å². The van der Waals surface area contributed by atoms with Gasteiger partial charge in [0.25, 0.3) is 0 Å². The Hall–Kier alpha value is -1.74. The first-order chi connectivity index (χ1) is 8.74. The number of rotatable bonds is 1. The molecule has 0 N–H and O–H groups in total. The topological polar surface area (TPSA) is 25.8 Å². The summed E-state index contributed by atoms with van der Waals surface area (Å²) >= 11 is 3.42. The van der Waals surface area contributed by atoms with Crippen LogP contribution in [0.4, 0.5) is 0 Å². The number of nitrogens with zero attached hydrogens (tertiary/aromatic N) is 2. The third kappa shape index (κ3) is 2.02. The molecule has 88 valence electrons. The van der Waals surface area contributed by atoms with Crippen molar-refractivity contribution in [1.82, 2.24) is 9.97 Å². The average Bonchev–Trinajstić information content (AvgIpc) is 2.37. The van der Waals surface area contributed by atoms with E-state index in [4.69, 9.17) is 0 Å². The number of aryl methyl sites for hydroxylation is 1. The number of halogens is 1. The molecule has 0 radical (unpaired) electrons. The van der Waals surface area contributed by atoms with Gasteiger partial charge in [-0.15, -0.1) is 0 Å². The van der Waals surface area contributed by atoms with Crippen LogP contribution in [0.1, 0.15) is 5.82 Å². The number of fused-ring (bicyclic) bond motifs is 1. The van der Waals surface area contributed by atoms with E-state index in [1.54, 1.807) is 0 Å². The summed E-state index contributed by atoms with van der Waals surface area (Å²) in [5, 5.41) is 2.44. The molecule has 2 aromatic carbocycles. The van der Waals surface area contributed by atoms with Gasteiger partial charge in [-0.05, 0) is 39.7 Å². The molecular formula is C15H11BrN2. The Morgan fingerprint density at radius 3 is 2.56 bits per heavy atom. The van der Waals surface area contributed by atoms with Gasteiger partial charge in [-0.2, -0.15) is 0 Å². The van der Waals surface area contributed by atoms with Crippen LogP contribution < -0.4 is 0 Å². The van der Waals surface area contributed by atoms with Crippen molar-refractivity contribution in [2.24, 2.45) is 0 Å². The van der Waals surface area contributed by atoms with Crippen molar-refractivity contribution in [3.05, 3.63) is 59.0 Å². The molecule has 0 saturated carbocycles. The van der Waals surface area contributed by atoms with Gasteiger partial charge in [0.1, 0.15) is 10.4 Å². The molecule has 3 aromatic rings. The molecule has 0 atom stereocenters. The molecule has 0 amide bonds. The van der Waals surface area contributed by atoms with Crippen molar-refractivity contribution < 1.29 is 0 Å². The average molecular weight is 299 g/mol. The SMILES string of the molecule is Cc1nc(Br)cc(-c2cccc3ccccc23)n1. The molecule has 18 heavy (non-hydrogen) atoms. The zero-order chi connectivity index (χ0) is 12.5. The van der Waals surface area contributed by atoms with Crippen LogP contribution in [-0.4, -0.2) is 9.97 Å². The second-order valence-electron chi connectivity index (χ2n) is 4.15. The van der Waals surface area contributed by atoms with E-state index in [1.807, 2.05) is 19.1 Å². The fourth-order valence-electron chi connectivity index (χ4n) is 2.12. The van der Waals surface area contributed by atoms with Crippen LogP contribution in [0.5, 0.6) is 0 Å². The number of benzene rings is 2. The molecule has 0 aliphatic heterocycles. The zero-order valence-electron chi connectivity index (χ0n) is 9.89. The van der Waals surface area contributed by atoms with Crippen LogP contribution in [-0.2, 0) is 0 Å². The van der Waals surface area contributed by atoms with E-state index in [0.717, 1.165) is 21.7 Å². The van der Waals surface area contributed by atoms with Gasteiger partial charge in [-0.25, -0.2) is 9.97 Å². The molecule has 0 bridgehead atoms. The minimum absolute atomic E-state index is 0.771. The summed E-state index contributed by atoms with van der Waals surface area (Å²) in [4.78, 5) is 8.76. The minimum atomic E-state index is 0.771. The zero-order valence-corrected chi connectivity index (χ0v) is 11.5. The Balaban J connectivity index is 2.31. The second kappa shape index (κ2) is 4.50. The van der Waals surface area contributed by atoms with Gasteiger partial charge in [-0.1, -0.05) is 42.5 Å². The second-order valence-corrected chi connectivity index (χ2v) is 4.96. The molecule has 0 saturated heterocycles. The summed E-state index contributed by atoms with van der Waals surface area (Å²) in [5.74, 6) is 0.771. The first kappa shape index (κ1) is 11.4. The molecule has 0 aliphatic carbocycles. The standard InChI is InChI=1S/C15H11BrN2/c1-10-17-14(9-15(16)18-10)13-8-4-6-11-5-2-3-7-12(11)13/h2-9H,1H3. The lowest BCUT2D eigenvalue weighted by molar-refractivity contribution is 1.04. The molecule has 0 unspecified atom stereocenters. The quantitative estimate of drug-likeness (QED) is 0.624. The highest BCUT2D eigenvalue weighted by atomic mass is 79.9. The molecule has 0 spiro atoms. The lowest BCUT2D eigenvalue weighted by Crippen LogP contribution is -1.92. The largest absolute Gasteiger partial charge is 0.233 e. The van der Waals surface area contributed by atoms with Crippen LogP contribution in [0.3, 0.4) is 0 Å². The van der Waals surface area contributed by atoms with Gasteiger partial charge in [0.2, 0.25) is 0 Å². The molecule has 3 heteroatoms. The first-order valence-electron chi connectivity index (χ1n) is 5.73. The maximum Gasteiger partial charge on any atom is 0.127 e. The first-order valence-corrected chi connectivity index (χ1v) is 6.53. The van der Waals surface area contributed by atoms with Crippen molar-refractivity contribution in [2.75, 3.05) is 0 Å². The summed E-state index contributed by atoms with van der Waals surface area (Å²) in [7, 11) is 0. The van der Waals surface area contributed by atoms with E-state index in [9.17, 15) is 0 Å². The lowest BCUT2D eigenvalue weighted by atomic mass is 10.0. The summed E-state index contributed by atoms with van der Waals surface area (Å²) in [6.45, 7) is 1.90. The summed E-state index contributed by atoms with van der Waals surface area (Å²) in [6.07, 6.45) is 0. The number of hydrogen-bond acceptors (Lipinski definition) is 2. The lowest BCUT2D eigenvalue weighted by Gasteiger charge is -2.07. The fourth-order valence-corrected chi connectivity index (χ4v) is 2.59. The monoisotopic (exact) mass is 298 g/mol. The highest BCUT2D eigenvalue weighted by molar-refractivity contribution is 9.10. The maximum atomic E-state index is 4.51. The van der Waals surface area contributed by atoms with E-state index in [1.165, 1.54) is 10.8 Å². The summed E-state index contributed by atoms with van der Waals surface area (Å²) < 4.78 is 0.818. The van der Waals surface area contributed by atoms with Crippen molar-refractivity contribution in [1.29, 1.82) is 0 Å². The van der Waals surface area contributed by atoms with E-state index < -0.39 is 0 Å². The van der Waals surface area contributed by atoms with E-state index in [2.05, 4.69) is 62.3 Å². The molecule has 2 nitrogen and oxygen atoms in total. The van der Waals surface area contributed by atoms with Crippen molar-refractivity contribution in [2.45, 2.75) is 6.92 Å². The third-order valence-corrected chi connectivity index (χ3v) is 3.28. The molecule has 3 rings (SSSR count). The fraction of sp³-hybridized carbons (Fsp3) is 0.0667. The smallest absolute Gasteiger partial charge is 0.127 e. The highest BCUT2D eigenvalue weighted by Gasteiger charge is 2.06. The predicted molar refractivity (Wildman–Crippen MR) is 77.4 cm³/mol. The van der Waals surface area contributed by atoms with Gasteiger partial charge in [0, 0.05) is 5.56 Å². The minimum Gasteiger partial charge on any atom is -0.233 e. The Morgan fingerprint density at radius 2 is 1.72 bits per heavy atom. The van der Waals surface area contributed by atoms with Crippen LogP contribution in [0.15, 0.2) is 53.1 Å². The van der Waals surface area contributed by atoms with Gasteiger partial charge < -0.3 is 0 Å². The van der Waals surface area contributed by atoms with E-state index in [-0.39, 0.29) is 0 Å². The Bertz CT molecular complexity index is 697. The van der Waals surface area contributed by atoms with Crippen molar-refractivity contribution in [3.8, 4) is 11.3 Å². The number of aromatic nitrogens is 2. The Labute approximate surface area is 114 Å². The maximum absolute atomic E-state index is 4.51. The van der Waals surface area contributed by atoms with Gasteiger partial charge in [0.15, 0.2) is 0 Å². The van der Waals surface area contributed by atoms with Gasteiger partial charge in [-0.3, -0.25) is 0 Å². The van der Waals surface area contributed by atoms with Crippen LogP contribution in [0, 0.1) is 6.92 Å². The van der Waals surface area contributed by atoms with E-state index in [0.29, 0.717) is 0 Å². The van der Waals surface area contributed by atoms with Gasteiger partial charge >= 0.3 is 0 Å². The molecule has 1 heterocycles. The third-order valence-electron chi connectivity index (χ3n) is 2.87. The molecule has 0 fully saturated rings. The predicted octanol–water partition coefficient (Wildman–Crippen LogP) is 4.37. The molecule has 0 aliphatic rings. The van der Waals surface area contributed by atoms with Gasteiger partial charge in [0.05, 0.1) is 5.69 Å². The summed E-state index contributed by atoms with van der Waals surface area (Å²) in [6, 6.07) is 16.6. The van der Waals surface area contributed by atoms with Crippen molar-refractivity contribution >= 4 is 26.7 Å². The number of hydrogen-bond donors (Lipinski definition) is 0. The van der Waals surface area contributed by atoms with Crippen LogP contribution >= 0.6 is 15.9 Å². The molecular weight excluding hydrogens is 288 g/mol. The Kier molecular flexibility index (Phi) is 2.84.